The van der Waals surface area contributed by atoms with E-state index >= 15 is 0 Å². The first kappa shape index (κ1) is 19.1. The molecule has 0 bridgehead atoms. The van der Waals surface area contributed by atoms with Gasteiger partial charge >= 0.3 is 0 Å². The highest BCUT2D eigenvalue weighted by atomic mass is 35.5. The third-order valence-electron chi connectivity index (χ3n) is 5.26. The summed E-state index contributed by atoms with van der Waals surface area (Å²) in [6, 6.07) is 8.11. The number of nitrogens with zero attached hydrogens (tertiary/aromatic N) is 2. The molecule has 2 saturated heterocycles. The minimum absolute atomic E-state index is 0. The number of piperidine rings is 2. The van der Waals surface area contributed by atoms with Crippen LogP contribution in [-0.2, 0) is 11.3 Å². The Kier molecular flexibility index (Phi) is 6.93. The molecule has 1 aromatic rings. The van der Waals surface area contributed by atoms with Gasteiger partial charge < -0.3 is 10.6 Å². The zero-order valence-corrected chi connectivity index (χ0v) is 15.4. The summed E-state index contributed by atoms with van der Waals surface area (Å²) >= 11 is 0. The number of nitrogens with two attached hydrogens (primary N) is 1. The fourth-order valence-corrected chi connectivity index (χ4v) is 3.94. The molecule has 0 saturated carbocycles. The molecule has 1 atom stereocenters. The number of likely N-dealkylation sites (tertiary alicyclic amines) is 2. The van der Waals surface area contributed by atoms with Crippen molar-refractivity contribution >= 4 is 24.0 Å². The summed E-state index contributed by atoms with van der Waals surface area (Å²) < 4.78 is 0. The van der Waals surface area contributed by atoms with Gasteiger partial charge in [0, 0.05) is 31.2 Å². The fraction of sp³-hybridized carbons (Fsp3) is 0.632. The molecule has 134 valence electrons. The Labute approximate surface area is 151 Å². The van der Waals surface area contributed by atoms with E-state index in [4.69, 9.17) is 5.73 Å². The summed E-state index contributed by atoms with van der Waals surface area (Å²) in [5, 5.41) is 0. The molecule has 0 radical (unpaired) electrons. The van der Waals surface area contributed by atoms with Gasteiger partial charge in [0.15, 0.2) is 0 Å². The van der Waals surface area contributed by atoms with Crippen LogP contribution in [0, 0.1) is 11.8 Å². The van der Waals surface area contributed by atoms with Crippen molar-refractivity contribution in [2.24, 2.45) is 11.8 Å². The predicted molar refractivity (Wildman–Crippen MR) is 101 cm³/mol. The molecule has 2 heterocycles. The van der Waals surface area contributed by atoms with Crippen LogP contribution in [0.5, 0.6) is 0 Å². The van der Waals surface area contributed by atoms with E-state index in [0.717, 1.165) is 51.3 Å². The summed E-state index contributed by atoms with van der Waals surface area (Å²) in [5.74, 6) is 1.30. The van der Waals surface area contributed by atoms with E-state index in [2.05, 4.69) is 22.8 Å². The minimum Gasteiger partial charge on any atom is -0.399 e. The van der Waals surface area contributed by atoms with Crippen molar-refractivity contribution in [2.45, 2.75) is 39.2 Å². The molecule has 0 aromatic heterocycles. The molecule has 2 fully saturated rings. The van der Waals surface area contributed by atoms with Crippen molar-refractivity contribution in [3.05, 3.63) is 29.8 Å². The summed E-state index contributed by atoms with van der Waals surface area (Å²) in [4.78, 5) is 17.3. The fourth-order valence-electron chi connectivity index (χ4n) is 3.94. The largest absolute Gasteiger partial charge is 0.399 e. The van der Waals surface area contributed by atoms with Gasteiger partial charge in [-0.1, -0.05) is 19.1 Å². The van der Waals surface area contributed by atoms with Crippen LogP contribution < -0.4 is 5.73 Å². The topological polar surface area (TPSA) is 49.6 Å². The lowest BCUT2D eigenvalue weighted by molar-refractivity contribution is -0.138. The Hall–Kier alpha value is -1.26. The highest BCUT2D eigenvalue weighted by Crippen LogP contribution is 2.24. The van der Waals surface area contributed by atoms with E-state index in [1.54, 1.807) is 0 Å². The molecule has 1 amide bonds. The van der Waals surface area contributed by atoms with Crippen molar-refractivity contribution in [3.8, 4) is 0 Å². The minimum atomic E-state index is 0. The number of carbonyl (C=O) groups excluding carboxylic acids is 1. The number of anilines is 1. The molecule has 2 aliphatic heterocycles. The van der Waals surface area contributed by atoms with E-state index in [1.165, 1.54) is 18.4 Å². The highest BCUT2D eigenvalue weighted by molar-refractivity contribution is 5.85. The van der Waals surface area contributed by atoms with Crippen molar-refractivity contribution in [1.29, 1.82) is 0 Å². The molecule has 1 unspecified atom stereocenters. The standard InChI is InChI=1S/C19H29N3O.ClH/c1-15-4-3-9-22(13-15)19(23)17-7-10-21(11-8-17)14-16-5-2-6-18(20)12-16;/h2,5-6,12,15,17H,3-4,7-11,13-14,20H2,1H3;1H. The van der Waals surface area contributed by atoms with E-state index in [1.807, 2.05) is 18.2 Å². The van der Waals surface area contributed by atoms with E-state index in [-0.39, 0.29) is 18.3 Å². The number of nitrogen functional groups attached to an aromatic ring is 1. The number of benzene rings is 1. The van der Waals surface area contributed by atoms with Gasteiger partial charge in [-0.3, -0.25) is 9.69 Å². The SMILES string of the molecule is CC1CCCN(C(=O)C2CCN(Cc3cccc(N)c3)CC2)C1.Cl. The van der Waals surface area contributed by atoms with Crippen molar-refractivity contribution in [2.75, 3.05) is 31.9 Å². The number of rotatable bonds is 3. The van der Waals surface area contributed by atoms with Gasteiger partial charge in [0.2, 0.25) is 5.91 Å². The van der Waals surface area contributed by atoms with Gasteiger partial charge in [-0.25, -0.2) is 0 Å². The Morgan fingerprint density at radius 1 is 1.21 bits per heavy atom. The second-order valence-electron chi connectivity index (χ2n) is 7.33. The molecule has 2 aliphatic rings. The first-order valence-electron chi connectivity index (χ1n) is 8.97. The molecular weight excluding hydrogens is 322 g/mol. The lowest BCUT2D eigenvalue weighted by Gasteiger charge is -2.37. The Balaban J connectivity index is 0.00000208. The van der Waals surface area contributed by atoms with E-state index in [0.29, 0.717) is 11.8 Å². The lowest BCUT2D eigenvalue weighted by atomic mass is 9.92. The molecule has 24 heavy (non-hydrogen) atoms. The molecule has 5 heteroatoms. The van der Waals surface area contributed by atoms with Crippen LogP contribution in [0.15, 0.2) is 24.3 Å². The van der Waals surface area contributed by atoms with Crippen molar-refractivity contribution in [1.82, 2.24) is 9.80 Å². The van der Waals surface area contributed by atoms with Crippen LogP contribution in [0.25, 0.3) is 0 Å². The second kappa shape index (κ2) is 8.72. The summed E-state index contributed by atoms with van der Waals surface area (Å²) in [6.45, 7) is 7.14. The number of hydrogen-bond acceptors (Lipinski definition) is 3. The van der Waals surface area contributed by atoms with Crippen molar-refractivity contribution < 1.29 is 4.79 Å². The highest BCUT2D eigenvalue weighted by Gasteiger charge is 2.30. The Morgan fingerprint density at radius 3 is 2.62 bits per heavy atom. The molecule has 4 nitrogen and oxygen atoms in total. The first-order chi connectivity index (χ1) is 11.1. The quantitative estimate of drug-likeness (QED) is 0.851. The zero-order chi connectivity index (χ0) is 16.2. The van der Waals surface area contributed by atoms with Crippen LogP contribution in [0.4, 0.5) is 5.69 Å². The van der Waals surface area contributed by atoms with Gasteiger partial charge in [0.05, 0.1) is 0 Å². The average Bonchev–Trinajstić information content (AvgIpc) is 2.55. The first-order valence-corrected chi connectivity index (χ1v) is 8.97. The summed E-state index contributed by atoms with van der Waals surface area (Å²) in [6.07, 6.45) is 4.42. The smallest absolute Gasteiger partial charge is 0.225 e. The number of hydrogen-bond donors (Lipinski definition) is 1. The molecular formula is C19H30ClN3O. The molecule has 3 rings (SSSR count). The van der Waals surface area contributed by atoms with Crippen LogP contribution in [-0.4, -0.2) is 41.9 Å². The van der Waals surface area contributed by atoms with Gasteiger partial charge in [0.1, 0.15) is 0 Å². The van der Waals surface area contributed by atoms with Gasteiger partial charge in [-0.15, -0.1) is 12.4 Å². The Morgan fingerprint density at radius 2 is 1.96 bits per heavy atom. The number of amides is 1. The van der Waals surface area contributed by atoms with Gasteiger partial charge in [0.25, 0.3) is 0 Å². The molecule has 0 aliphatic carbocycles. The predicted octanol–water partition coefficient (Wildman–Crippen LogP) is 3.16. The maximum Gasteiger partial charge on any atom is 0.225 e. The average molecular weight is 352 g/mol. The summed E-state index contributed by atoms with van der Waals surface area (Å²) in [7, 11) is 0. The second-order valence-corrected chi connectivity index (χ2v) is 7.33. The van der Waals surface area contributed by atoms with Crippen LogP contribution in [0.3, 0.4) is 0 Å². The third-order valence-corrected chi connectivity index (χ3v) is 5.26. The van der Waals surface area contributed by atoms with Crippen LogP contribution in [0.1, 0.15) is 38.2 Å². The number of halogens is 1. The van der Waals surface area contributed by atoms with Crippen LogP contribution >= 0.6 is 12.4 Å². The van der Waals surface area contributed by atoms with Crippen molar-refractivity contribution in [3.63, 3.8) is 0 Å². The van der Waals surface area contributed by atoms with Gasteiger partial charge in [-0.2, -0.15) is 0 Å². The van der Waals surface area contributed by atoms with E-state index < -0.39 is 0 Å². The molecule has 0 spiro atoms. The molecule has 2 N–H and O–H groups in total. The maximum absolute atomic E-state index is 12.7. The molecule has 1 aromatic carbocycles. The van der Waals surface area contributed by atoms with Crippen LogP contribution in [0.2, 0.25) is 0 Å². The maximum atomic E-state index is 12.7. The third kappa shape index (κ3) is 4.87. The van der Waals surface area contributed by atoms with E-state index in [9.17, 15) is 4.79 Å². The monoisotopic (exact) mass is 351 g/mol. The summed E-state index contributed by atoms with van der Waals surface area (Å²) in [5.41, 5.74) is 7.94. The number of carbonyl (C=O) groups is 1. The Bertz CT molecular complexity index is 543. The normalized spacial score (nSPS) is 22.9. The van der Waals surface area contributed by atoms with Gasteiger partial charge in [-0.05, 0) is 62.4 Å². The lowest BCUT2D eigenvalue weighted by Crippen LogP contribution is -2.45. The zero-order valence-electron chi connectivity index (χ0n) is 14.6.